The van der Waals surface area contributed by atoms with Crippen molar-refractivity contribution in [3.05, 3.63) is 63.4 Å². The number of hydrogen-bond donors (Lipinski definition) is 1. The minimum absolute atomic E-state index is 0.280. The van der Waals surface area contributed by atoms with E-state index in [2.05, 4.69) is 15.9 Å². The molecule has 2 rings (SSSR count). The predicted octanol–water partition coefficient (Wildman–Crippen LogP) is 4.07. The van der Waals surface area contributed by atoms with Gasteiger partial charge in [0, 0.05) is 10.2 Å². The lowest BCUT2D eigenvalue weighted by Gasteiger charge is -2.09. The van der Waals surface area contributed by atoms with Crippen LogP contribution in [0.2, 0.25) is 0 Å². The highest BCUT2D eigenvalue weighted by atomic mass is 79.9. The second-order valence-electron chi connectivity index (χ2n) is 4.09. The summed E-state index contributed by atoms with van der Waals surface area (Å²) in [4.78, 5) is 0. The highest BCUT2D eigenvalue weighted by Gasteiger charge is 2.06. The van der Waals surface area contributed by atoms with Gasteiger partial charge in [-0.2, -0.15) is 0 Å². The molecule has 0 aliphatic rings. The number of hydrogen-bond acceptors (Lipinski definition) is 1. The molecule has 1 nitrogen and oxygen atoms in total. The predicted molar refractivity (Wildman–Crippen MR) is 72.5 cm³/mol. The Labute approximate surface area is 109 Å². The molecule has 2 aromatic carbocycles. The molecule has 0 amide bonds. The Morgan fingerprint density at radius 3 is 2.71 bits per heavy atom. The van der Waals surface area contributed by atoms with Crippen LogP contribution in [0.3, 0.4) is 0 Å². The number of nitrogens with two attached hydrogens (primary N) is 1. The summed E-state index contributed by atoms with van der Waals surface area (Å²) in [6.07, 6.45) is 0.688. The van der Waals surface area contributed by atoms with Gasteiger partial charge < -0.3 is 5.73 Å². The van der Waals surface area contributed by atoms with Crippen LogP contribution >= 0.6 is 15.9 Å². The summed E-state index contributed by atoms with van der Waals surface area (Å²) >= 11 is 3.42. The molecule has 0 aromatic heterocycles. The largest absolute Gasteiger partial charge is 0.398 e. The summed E-state index contributed by atoms with van der Waals surface area (Å²) in [6.45, 7) is 1.92. The van der Waals surface area contributed by atoms with E-state index in [4.69, 9.17) is 5.73 Å². The summed E-state index contributed by atoms with van der Waals surface area (Å²) in [6, 6.07) is 10.9. The van der Waals surface area contributed by atoms with Crippen LogP contribution in [0, 0.1) is 12.7 Å². The first kappa shape index (κ1) is 12.1. The minimum atomic E-state index is -0.280. The van der Waals surface area contributed by atoms with E-state index in [-0.39, 0.29) is 5.82 Å². The fourth-order valence-corrected chi connectivity index (χ4v) is 2.26. The molecule has 0 bridgehead atoms. The van der Waals surface area contributed by atoms with Crippen LogP contribution in [-0.2, 0) is 6.42 Å². The van der Waals surface area contributed by atoms with Gasteiger partial charge in [-0.3, -0.25) is 0 Å². The number of nitrogen functional groups attached to an aromatic ring is 1. The van der Waals surface area contributed by atoms with Crippen LogP contribution in [0.4, 0.5) is 10.1 Å². The Hall–Kier alpha value is -1.35. The van der Waals surface area contributed by atoms with Crippen molar-refractivity contribution in [1.29, 1.82) is 0 Å². The topological polar surface area (TPSA) is 26.0 Å². The lowest BCUT2D eigenvalue weighted by atomic mass is 9.99. The van der Waals surface area contributed by atoms with Gasteiger partial charge in [-0.05, 0) is 54.3 Å². The van der Waals surface area contributed by atoms with Gasteiger partial charge in [-0.25, -0.2) is 4.39 Å². The Morgan fingerprint density at radius 1 is 1.24 bits per heavy atom. The highest BCUT2D eigenvalue weighted by molar-refractivity contribution is 9.10. The molecular weight excluding hydrogens is 281 g/mol. The molecule has 0 fully saturated rings. The van der Waals surface area contributed by atoms with Crippen molar-refractivity contribution >= 4 is 21.6 Å². The lowest BCUT2D eigenvalue weighted by Crippen LogP contribution is -1.98. The second-order valence-corrected chi connectivity index (χ2v) is 5.00. The van der Waals surface area contributed by atoms with Gasteiger partial charge in [0.25, 0.3) is 0 Å². The molecular formula is C14H13BrFN. The van der Waals surface area contributed by atoms with Gasteiger partial charge >= 0.3 is 0 Å². The molecule has 0 saturated heterocycles. The third kappa shape index (κ3) is 2.86. The monoisotopic (exact) mass is 293 g/mol. The smallest absolute Gasteiger partial charge is 0.125 e. The molecule has 88 valence electrons. The zero-order valence-electron chi connectivity index (χ0n) is 9.50. The standard InChI is InChI=1S/C14H13BrFN/c1-9-11(7-13(16)8-14(9)17)5-10-3-2-4-12(15)6-10/h2-4,6-8H,5,17H2,1H3. The second kappa shape index (κ2) is 4.88. The maximum atomic E-state index is 13.3. The van der Waals surface area contributed by atoms with Crippen molar-refractivity contribution < 1.29 is 4.39 Å². The van der Waals surface area contributed by atoms with E-state index in [0.29, 0.717) is 12.1 Å². The average Bonchev–Trinajstić information content (AvgIpc) is 2.25. The van der Waals surface area contributed by atoms with Crippen LogP contribution in [0.5, 0.6) is 0 Å². The van der Waals surface area contributed by atoms with Crippen molar-refractivity contribution in [2.45, 2.75) is 13.3 Å². The van der Waals surface area contributed by atoms with Crippen LogP contribution < -0.4 is 5.73 Å². The van der Waals surface area contributed by atoms with E-state index in [1.165, 1.54) is 6.07 Å². The SMILES string of the molecule is Cc1c(N)cc(F)cc1Cc1cccc(Br)c1. The number of benzene rings is 2. The fourth-order valence-electron chi connectivity index (χ4n) is 1.81. The Kier molecular flexibility index (Phi) is 3.48. The average molecular weight is 294 g/mol. The number of rotatable bonds is 2. The molecule has 0 unspecified atom stereocenters. The van der Waals surface area contributed by atoms with Crippen LogP contribution in [0.15, 0.2) is 40.9 Å². The van der Waals surface area contributed by atoms with Gasteiger partial charge in [0.05, 0.1) is 0 Å². The van der Waals surface area contributed by atoms with Gasteiger partial charge in [0.2, 0.25) is 0 Å². The van der Waals surface area contributed by atoms with E-state index in [1.54, 1.807) is 6.07 Å². The highest BCUT2D eigenvalue weighted by Crippen LogP contribution is 2.22. The zero-order valence-corrected chi connectivity index (χ0v) is 11.1. The van der Waals surface area contributed by atoms with Crippen LogP contribution in [-0.4, -0.2) is 0 Å². The van der Waals surface area contributed by atoms with Crippen molar-refractivity contribution in [2.75, 3.05) is 5.73 Å². The fraction of sp³-hybridized carbons (Fsp3) is 0.143. The molecule has 0 aliphatic heterocycles. The molecule has 0 saturated carbocycles. The molecule has 0 aliphatic carbocycles. The summed E-state index contributed by atoms with van der Waals surface area (Å²) < 4.78 is 14.3. The van der Waals surface area contributed by atoms with E-state index < -0.39 is 0 Å². The summed E-state index contributed by atoms with van der Waals surface area (Å²) in [5, 5.41) is 0. The first-order valence-corrected chi connectivity index (χ1v) is 6.14. The van der Waals surface area contributed by atoms with Crippen LogP contribution in [0.1, 0.15) is 16.7 Å². The van der Waals surface area contributed by atoms with Gasteiger partial charge in [0.1, 0.15) is 5.82 Å². The molecule has 17 heavy (non-hydrogen) atoms. The van der Waals surface area contributed by atoms with Gasteiger partial charge in [-0.15, -0.1) is 0 Å². The first-order valence-electron chi connectivity index (χ1n) is 5.35. The van der Waals surface area contributed by atoms with Crippen molar-refractivity contribution in [3.8, 4) is 0 Å². The molecule has 2 N–H and O–H groups in total. The van der Waals surface area contributed by atoms with Gasteiger partial charge in [0.15, 0.2) is 0 Å². The third-order valence-corrected chi connectivity index (χ3v) is 3.30. The van der Waals surface area contributed by atoms with Crippen molar-refractivity contribution in [3.63, 3.8) is 0 Å². The molecule has 0 heterocycles. The summed E-state index contributed by atoms with van der Waals surface area (Å²) in [5.74, 6) is -0.280. The molecule has 0 atom stereocenters. The quantitative estimate of drug-likeness (QED) is 0.830. The first-order chi connectivity index (χ1) is 8.06. The number of anilines is 1. The third-order valence-electron chi connectivity index (χ3n) is 2.80. The van der Waals surface area contributed by atoms with Crippen molar-refractivity contribution in [2.24, 2.45) is 0 Å². The number of halogens is 2. The summed E-state index contributed by atoms with van der Waals surface area (Å²) in [7, 11) is 0. The molecule has 3 heteroatoms. The maximum absolute atomic E-state index is 13.3. The Morgan fingerprint density at radius 2 is 2.00 bits per heavy atom. The van der Waals surface area contributed by atoms with Gasteiger partial charge in [-0.1, -0.05) is 28.1 Å². The molecule has 0 spiro atoms. The van der Waals surface area contributed by atoms with E-state index in [9.17, 15) is 4.39 Å². The van der Waals surface area contributed by atoms with E-state index in [0.717, 1.165) is 21.2 Å². The normalized spacial score (nSPS) is 10.5. The van der Waals surface area contributed by atoms with Crippen LogP contribution in [0.25, 0.3) is 0 Å². The minimum Gasteiger partial charge on any atom is -0.398 e. The van der Waals surface area contributed by atoms with Crippen molar-refractivity contribution in [1.82, 2.24) is 0 Å². The Bertz CT molecular complexity index is 552. The summed E-state index contributed by atoms with van der Waals surface area (Å²) in [5.41, 5.74) is 9.28. The van der Waals surface area contributed by atoms with E-state index >= 15 is 0 Å². The molecule has 0 radical (unpaired) electrons. The van der Waals surface area contributed by atoms with E-state index in [1.807, 2.05) is 31.2 Å². The Balaban J connectivity index is 2.36. The zero-order chi connectivity index (χ0) is 12.4. The molecule has 2 aromatic rings. The maximum Gasteiger partial charge on any atom is 0.125 e. The lowest BCUT2D eigenvalue weighted by molar-refractivity contribution is 0.626.